The third-order valence-corrected chi connectivity index (χ3v) is 15.9. The molecule has 0 aliphatic rings. The average molecular weight is 1070 g/mol. The van der Waals surface area contributed by atoms with Crippen molar-refractivity contribution in [3.63, 3.8) is 0 Å². The molecule has 0 bridgehead atoms. The Labute approximate surface area is 468 Å². The van der Waals surface area contributed by atoms with Crippen LogP contribution in [0, 0.1) is 112 Å². The Morgan fingerprint density at radius 3 is 0.640 bits per heavy atom. The molecule has 0 N–H and O–H groups in total. The molecule has 0 aliphatic heterocycles. The van der Waals surface area contributed by atoms with Crippen molar-refractivity contribution < 1.29 is 42.6 Å². The topological polar surface area (TPSA) is 83.1 Å². The van der Waals surface area contributed by atoms with E-state index >= 15 is 0 Å². The van der Waals surface area contributed by atoms with E-state index in [4.69, 9.17) is 42.6 Å². The highest BCUT2D eigenvalue weighted by molar-refractivity contribution is 4.74. The van der Waals surface area contributed by atoms with Gasteiger partial charge in [-0.1, -0.05) is 166 Å². The second-order valence-electron chi connectivity index (χ2n) is 28.3. The van der Waals surface area contributed by atoms with E-state index < -0.39 is 0 Å². The Morgan fingerprint density at radius 2 is 0.387 bits per heavy atom. The van der Waals surface area contributed by atoms with Crippen molar-refractivity contribution in [2.45, 2.75) is 217 Å². The van der Waals surface area contributed by atoms with Crippen LogP contribution >= 0.6 is 0 Å². The van der Waals surface area contributed by atoms with Crippen molar-refractivity contribution in [3.05, 3.63) is 0 Å². The van der Waals surface area contributed by atoms with E-state index in [-0.39, 0.29) is 24.2 Å². The molecule has 75 heavy (non-hydrogen) atoms. The van der Waals surface area contributed by atoms with Gasteiger partial charge < -0.3 is 42.6 Å². The molecule has 9 heteroatoms. The highest BCUT2D eigenvalue weighted by atomic mass is 16.6. The average Bonchev–Trinajstić information content (AvgIpc) is 3.28. The molecule has 9 nitrogen and oxygen atoms in total. The zero-order chi connectivity index (χ0) is 57.2. The normalized spacial score (nSPS) is 17.1. The molecular weight excluding hydrogens is 937 g/mol. The smallest absolute Gasteiger partial charge is 0.105 e. The first-order valence-corrected chi connectivity index (χ1v) is 31.4. The van der Waals surface area contributed by atoms with E-state index in [1.165, 1.54) is 12.8 Å². The molecule has 0 aromatic carbocycles. The summed E-state index contributed by atoms with van der Waals surface area (Å²) in [5.74, 6) is 9.64. The predicted octanol–water partition coefficient (Wildman–Crippen LogP) is 16.4. The minimum atomic E-state index is -0.283. The fourth-order valence-corrected chi connectivity index (χ4v) is 9.84. The summed E-state index contributed by atoms with van der Waals surface area (Å²) < 4.78 is 59.7. The van der Waals surface area contributed by atoms with Gasteiger partial charge in [0.25, 0.3) is 0 Å². The maximum Gasteiger partial charge on any atom is 0.105 e. The quantitative estimate of drug-likeness (QED) is 0.0591. The lowest BCUT2D eigenvalue weighted by molar-refractivity contribution is -0.136. The molecule has 0 spiro atoms. The summed E-state index contributed by atoms with van der Waals surface area (Å²) in [6, 6.07) is 0. The van der Waals surface area contributed by atoms with Crippen LogP contribution in [0.2, 0.25) is 0 Å². The van der Waals surface area contributed by atoms with Crippen LogP contribution in [0.4, 0.5) is 0 Å². The minimum absolute atomic E-state index is 0.0794. The minimum Gasteiger partial charge on any atom is -0.381 e. The van der Waals surface area contributed by atoms with Gasteiger partial charge in [-0.25, -0.2) is 0 Å². The van der Waals surface area contributed by atoms with Crippen molar-refractivity contribution >= 4 is 0 Å². The Kier molecular flexibility index (Phi) is 43.2. The lowest BCUT2D eigenvalue weighted by Crippen LogP contribution is -2.37. The van der Waals surface area contributed by atoms with Crippen LogP contribution in [0.5, 0.6) is 0 Å². The van der Waals surface area contributed by atoms with Crippen molar-refractivity contribution in [2.75, 3.05) is 99.1 Å². The van der Waals surface area contributed by atoms with Crippen molar-refractivity contribution in [2.24, 2.45) is 112 Å². The second-order valence-corrected chi connectivity index (χ2v) is 28.3. The molecule has 4 unspecified atom stereocenters. The summed E-state index contributed by atoms with van der Waals surface area (Å²) in [6.45, 7) is 64.5. The predicted molar refractivity (Wildman–Crippen MR) is 320 cm³/mol. The largest absolute Gasteiger partial charge is 0.381 e. The fourth-order valence-electron chi connectivity index (χ4n) is 9.84. The molecule has 0 radical (unpaired) electrons. The van der Waals surface area contributed by atoms with Crippen LogP contribution in [0.25, 0.3) is 0 Å². The molecule has 452 valence electrons. The van der Waals surface area contributed by atoms with Crippen LogP contribution in [-0.4, -0.2) is 117 Å². The Hall–Kier alpha value is -0.360. The number of rotatable bonds is 50. The van der Waals surface area contributed by atoms with Gasteiger partial charge in [0, 0.05) is 37.6 Å². The molecule has 10 atom stereocenters. The van der Waals surface area contributed by atoms with Crippen LogP contribution in [0.1, 0.15) is 198 Å². The van der Waals surface area contributed by atoms with Crippen LogP contribution < -0.4 is 0 Å². The summed E-state index contributed by atoms with van der Waals surface area (Å²) in [6.07, 6.45) is 5.00. The first kappa shape index (κ1) is 74.6. The van der Waals surface area contributed by atoms with Crippen molar-refractivity contribution in [1.82, 2.24) is 0 Å². The van der Waals surface area contributed by atoms with Crippen molar-refractivity contribution in [1.29, 1.82) is 0 Å². The highest BCUT2D eigenvalue weighted by Crippen LogP contribution is 2.26. The first-order valence-electron chi connectivity index (χ1n) is 31.4. The summed E-state index contributed by atoms with van der Waals surface area (Å²) in [5, 5.41) is 0. The maximum atomic E-state index is 7.03. The fraction of sp³-hybridized carbons (Fsp3) is 1.00. The van der Waals surface area contributed by atoms with Crippen LogP contribution in [0.15, 0.2) is 0 Å². The van der Waals surface area contributed by atoms with E-state index in [0.29, 0.717) is 179 Å². The molecule has 0 aromatic rings. The maximum absolute atomic E-state index is 7.03. The molecule has 0 rings (SSSR count). The Bertz CT molecular complexity index is 1260. The Balaban J connectivity index is 6.30. The van der Waals surface area contributed by atoms with Gasteiger partial charge in [-0.05, 0) is 127 Å². The van der Waals surface area contributed by atoms with Gasteiger partial charge >= 0.3 is 0 Å². The molecule has 0 aromatic heterocycles. The van der Waals surface area contributed by atoms with E-state index in [1.807, 2.05) is 0 Å². The molecule has 0 amide bonds. The first-order chi connectivity index (χ1) is 35.1. The second kappa shape index (κ2) is 43.4. The molecule has 0 heterocycles. The van der Waals surface area contributed by atoms with Gasteiger partial charge in [0.1, 0.15) is 12.2 Å². The number of ether oxygens (including phenoxy) is 9. The number of hydrogen-bond donors (Lipinski definition) is 0. The van der Waals surface area contributed by atoms with Gasteiger partial charge in [0.2, 0.25) is 0 Å². The van der Waals surface area contributed by atoms with E-state index in [2.05, 4.69) is 166 Å². The van der Waals surface area contributed by atoms with Crippen LogP contribution in [-0.2, 0) is 42.6 Å². The molecule has 0 fully saturated rings. The molecule has 0 saturated carbocycles. The zero-order valence-electron chi connectivity index (χ0n) is 54.5. The van der Waals surface area contributed by atoms with E-state index in [1.54, 1.807) is 0 Å². The summed E-state index contributed by atoms with van der Waals surface area (Å²) in [7, 11) is 0. The highest BCUT2D eigenvalue weighted by Gasteiger charge is 2.27. The SMILES string of the molecule is CC(C)CC(COC[C@H](CC(C)C)C(C)C)OC(COCC(COC[C@@H](COC[C@@H](CC(C)C)C(C)C)C(C)C)OC[C@H](CC(C)C)C(C)C)COC[C@@H](COCC(COC[C@@H](CC(C)C)C(C)C)C(C)C)C(C)C. The van der Waals surface area contributed by atoms with Crippen molar-refractivity contribution in [3.8, 4) is 0 Å². The zero-order valence-corrected chi connectivity index (χ0v) is 54.5. The third kappa shape index (κ3) is 38.8. The van der Waals surface area contributed by atoms with E-state index in [9.17, 15) is 0 Å². The summed E-state index contributed by atoms with van der Waals surface area (Å²) in [4.78, 5) is 0. The standard InChI is InChI=1S/C66H134O9/c1-45(2)25-57(50(11)12)30-67-33-61(54(19)20)35-69-36-63(56(23)24)38-72-43-66(75-64(29-49(9)10)40-70-32-59(52(15)16)27-47(5)6)44-73-42-65(74-39-60(53(17)18)28-48(7)8)41-71-37-62(55(21)22)34-68-31-58(51(13)14)26-46(3)4/h45-66H,25-44H2,1-24H3/t57-,58-,59+,60+,61?,62-,63-,64?,65?,66?/m1/s1. The lowest BCUT2D eigenvalue weighted by Gasteiger charge is -2.30. The summed E-state index contributed by atoms with van der Waals surface area (Å²) in [5.41, 5.74) is 0. The van der Waals surface area contributed by atoms with E-state index in [0.717, 1.165) is 45.7 Å². The van der Waals surface area contributed by atoms with Crippen LogP contribution in [0.3, 0.4) is 0 Å². The van der Waals surface area contributed by atoms with Gasteiger partial charge in [-0.2, -0.15) is 0 Å². The Morgan fingerprint density at radius 1 is 0.187 bits per heavy atom. The monoisotopic (exact) mass is 1070 g/mol. The number of hydrogen-bond acceptors (Lipinski definition) is 9. The lowest BCUT2D eigenvalue weighted by atomic mass is 9.88. The van der Waals surface area contributed by atoms with Gasteiger partial charge in [-0.3, -0.25) is 0 Å². The summed E-state index contributed by atoms with van der Waals surface area (Å²) >= 11 is 0. The molecule has 0 saturated heterocycles. The molecule has 0 aliphatic carbocycles. The third-order valence-electron chi connectivity index (χ3n) is 15.9. The van der Waals surface area contributed by atoms with Gasteiger partial charge in [0.05, 0.1) is 85.4 Å². The van der Waals surface area contributed by atoms with Gasteiger partial charge in [0.15, 0.2) is 0 Å². The molecular formula is C66H134O9. The van der Waals surface area contributed by atoms with Gasteiger partial charge in [-0.15, -0.1) is 0 Å².